The molecule has 1 aromatic carbocycles. The maximum atomic E-state index is 12.8. The van der Waals surface area contributed by atoms with Gasteiger partial charge in [0.05, 0.1) is 13.7 Å². The molecular formula is C29H45NO11. The second-order valence-electron chi connectivity index (χ2n) is 10.2. The predicted octanol–water partition coefficient (Wildman–Crippen LogP) is 5.71. The molecule has 0 saturated carbocycles. The van der Waals surface area contributed by atoms with Crippen LogP contribution in [0.15, 0.2) is 18.2 Å². The molecule has 0 aliphatic heterocycles. The quantitative estimate of drug-likeness (QED) is 0.153. The average Bonchev–Trinajstić information content (AvgIpc) is 2.91. The van der Waals surface area contributed by atoms with E-state index in [0.717, 1.165) is 6.42 Å². The number of rotatable bonds is 15. The largest absolute Gasteiger partial charge is 0.514 e. The standard InChI is InChI=1S/C29H45NO11/c1-9-18(4)17-36-26(32)39-21(7)15-29(30,25(31)35-8)16-22-12-13-23(40-27(33)37-19(5)10-2)24(14-22)41-28(34)38-20(6)11-3/h12-14,18-21H,9-11,15-17,30H2,1-8H3/t18?,19-,20?,21-,29?/m0/s1. The lowest BCUT2D eigenvalue weighted by molar-refractivity contribution is -0.148. The molecular weight excluding hydrogens is 538 g/mol. The van der Waals surface area contributed by atoms with Gasteiger partial charge in [0.15, 0.2) is 11.5 Å². The number of carbonyl (C=O) groups is 4. The van der Waals surface area contributed by atoms with Gasteiger partial charge in [-0.1, -0.05) is 40.2 Å². The van der Waals surface area contributed by atoms with Crippen LogP contribution in [0.2, 0.25) is 0 Å². The average molecular weight is 584 g/mol. The van der Waals surface area contributed by atoms with E-state index in [0.29, 0.717) is 18.4 Å². The van der Waals surface area contributed by atoms with Crippen molar-refractivity contribution in [3.8, 4) is 11.5 Å². The van der Waals surface area contributed by atoms with E-state index in [-0.39, 0.29) is 36.9 Å². The number of carbonyl (C=O) groups excluding carboxylic acids is 4. The first-order valence-electron chi connectivity index (χ1n) is 13.9. The van der Waals surface area contributed by atoms with Crippen LogP contribution >= 0.6 is 0 Å². The number of benzene rings is 1. The lowest BCUT2D eigenvalue weighted by Crippen LogP contribution is -2.53. The van der Waals surface area contributed by atoms with Crippen molar-refractivity contribution in [2.24, 2.45) is 11.7 Å². The summed E-state index contributed by atoms with van der Waals surface area (Å²) in [4.78, 5) is 49.5. The summed E-state index contributed by atoms with van der Waals surface area (Å²) in [5.41, 5.74) is 5.27. The zero-order valence-electron chi connectivity index (χ0n) is 25.4. The highest BCUT2D eigenvalue weighted by Crippen LogP contribution is 2.32. The van der Waals surface area contributed by atoms with Crippen molar-refractivity contribution in [2.75, 3.05) is 13.7 Å². The Morgan fingerprint density at radius 3 is 1.83 bits per heavy atom. The second kappa shape index (κ2) is 17.3. The van der Waals surface area contributed by atoms with Crippen LogP contribution in [0.5, 0.6) is 11.5 Å². The van der Waals surface area contributed by atoms with E-state index >= 15 is 0 Å². The Balaban J connectivity index is 3.20. The van der Waals surface area contributed by atoms with Gasteiger partial charge in [-0.05, 0) is 57.2 Å². The van der Waals surface area contributed by atoms with Gasteiger partial charge in [-0.25, -0.2) is 14.4 Å². The van der Waals surface area contributed by atoms with E-state index in [2.05, 4.69) is 0 Å². The monoisotopic (exact) mass is 583 g/mol. The maximum Gasteiger partial charge on any atom is 0.514 e. The molecule has 2 N–H and O–H groups in total. The van der Waals surface area contributed by atoms with Crippen molar-refractivity contribution in [2.45, 2.75) is 104 Å². The summed E-state index contributed by atoms with van der Waals surface area (Å²) < 4.78 is 36.3. The highest BCUT2D eigenvalue weighted by atomic mass is 16.8. The lowest BCUT2D eigenvalue weighted by atomic mass is 9.86. The third-order valence-electron chi connectivity index (χ3n) is 6.38. The summed E-state index contributed by atoms with van der Waals surface area (Å²) >= 11 is 0. The summed E-state index contributed by atoms with van der Waals surface area (Å²) in [7, 11) is 1.19. The zero-order valence-corrected chi connectivity index (χ0v) is 25.4. The molecule has 0 fully saturated rings. The van der Waals surface area contributed by atoms with Crippen molar-refractivity contribution >= 4 is 24.4 Å². The van der Waals surface area contributed by atoms with Gasteiger partial charge >= 0.3 is 24.4 Å². The van der Waals surface area contributed by atoms with Crippen LogP contribution in [0, 0.1) is 5.92 Å². The minimum atomic E-state index is -1.64. The first kappa shape index (κ1) is 35.5. The van der Waals surface area contributed by atoms with Crippen molar-refractivity contribution in [3.63, 3.8) is 0 Å². The Morgan fingerprint density at radius 2 is 1.32 bits per heavy atom. The lowest BCUT2D eigenvalue weighted by Gasteiger charge is -2.29. The number of ether oxygens (including phenoxy) is 7. The molecule has 0 radical (unpaired) electrons. The Labute approximate surface area is 242 Å². The molecule has 1 aromatic rings. The molecule has 1 rings (SSSR count). The van der Waals surface area contributed by atoms with Gasteiger partial charge in [0.25, 0.3) is 0 Å². The van der Waals surface area contributed by atoms with E-state index in [4.69, 9.17) is 38.9 Å². The predicted molar refractivity (Wildman–Crippen MR) is 149 cm³/mol. The summed E-state index contributed by atoms with van der Waals surface area (Å²) in [6.45, 7) is 12.8. The van der Waals surface area contributed by atoms with Gasteiger partial charge in [0.2, 0.25) is 0 Å². The number of nitrogens with two attached hydrogens (primary N) is 1. The fourth-order valence-electron chi connectivity index (χ4n) is 3.43. The SMILES string of the molecule is CCC(C)COC(=O)O[C@@H](C)CC(N)(Cc1ccc(OC(=O)O[C@@H](C)CC)c(OC(=O)OC(C)CC)c1)C(=O)OC. The van der Waals surface area contributed by atoms with Gasteiger partial charge in [-0.15, -0.1) is 0 Å². The van der Waals surface area contributed by atoms with E-state index < -0.39 is 48.3 Å². The van der Waals surface area contributed by atoms with Crippen LogP contribution in [-0.4, -0.2) is 62.0 Å². The molecule has 0 amide bonds. The van der Waals surface area contributed by atoms with E-state index in [1.54, 1.807) is 20.8 Å². The first-order chi connectivity index (χ1) is 19.3. The summed E-state index contributed by atoms with van der Waals surface area (Å²) in [5, 5.41) is 0. The molecule has 0 heterocycles. The van der Waals surface area contributed by atoms with Crippen LogP contribution in [0.3, 0.4) is 0 Å². The second-order valence-corrected chi connectivity index (χ2v) is 10.2. The van der Waals surface area contributed by atoms with Gasteiger partial charge in [-0.2, -0.15) is 0 Å². The minimum Gasteiger partial charge on any atom is -0.468 e. The fraction of sp³-hybridized carbons (Fsp3) is 0.655. The zero-order chi connectivity index (χ0) is 31.2. The Bertz CT molecular complexity index is 1010. The van der Waals surface area contributed by atoms with Crippen LogP contribution in [0.25, 0.3) is 0 Å². The Kier molecular flexibility index (Phi) is 15.0. The molecule has 0 spiro atoms. The third-order valence-corrected chi connectivity index (χ3v) is 6.38. The molecule has 0 bridgehead atoms. The normalized spacial score (nSPS) is 15.2. The molecule has 0 aliphatic carbocycles. The molecule has 232 valence electrons. The summed E-state index contributed by atoms with van der Waals surface area (Å²) in [5.74, 6) is -0.840. The molecule has 5 atom stereocenters. The van der Waals surface area contributed by atoms with Crippen LogP contribution in [0.4, 0.5) is 14.4 Å². The molecule has 0 aromatic heterocycles. The van der Waals surface area contributed by atoms with Crippen molar-refractivity contribution < 1.29 is 52.3 Å². The van der Waals surface area contributed by atoms with Crippen molar-refractivity contribution in [3.05, 3.63) is 23.8 Å². The van der Waals surface area contributed by atoms with Crippen molar-refractivity contribution in [1.29, 1.82) is 0 Å². The number of esters is 1. The summed E-state index contributed by atoms with van der Waals surface area (Å²) in [6, 6.07) is 4.30. The van der Waals surface area contributed by atoms with Gasteiger partial charge < -0.3 is 38.9 Å². The molecule has 0 aliphatic rings. The smallest absolute Gasteiger partial charge is 0.468 e. The Morgan fingerprint density at radius 1 is 0.780 bits per heavy atom. The van der Waals surface area contributed by atoms with Crippen LogP contribution in [0.1, 0.15) is 79.7 Å². The van der Waals surface area contributed by atoms with Crippen LogP contribution < -0.4 is 15.2 Å². The van der Waals surface area contributed by atoms with Crippen molar-refractivity contribution in [1.82, 2.24) is 0 Å². The minimum absolute atomic E-state index is 0.107. The van der Waals surface area contributed by atoms with Gasteiger partial charge in [-0.3, -0.25) is 4.79 Å². The molecule has 12 nitrogen and oxygen atoms in total. The van der Waals surface area contributed by atoms with Gasteiger partial charge in [0, 0.05) is 12.8 Å². The van der Waals surface area contributed by atoms with Gasteiger partial charge in [0.1, 0.15) is 23.9 Å². The third kappa shape index (κ3) is 12.7. The fourth-order valence-corrected chi connectivity index (χ4v) is 3.43. The topological polar surface area (TPSA) is 159 Å². The molecule has 12 heteroatoms. The molecule has 41 heavy (non-hydrogen) atoms. The van der Waals surface area contributed by atoms with Crippen LogP contribution in [-0.2, 0) is 34.9 Å². The first-order valence-corrected chi connectivity index (χ1v) is 13.9. The molecule has 3 unspecified atom stereocenters. The Hall–Kier alpha value is -3.54. The number of hydrogen-bond donors (Lipinski definition) is 1. The summed E-state index contributed by atoms with van der Waals surface area (Å²) in [6.07, 6.45) is -2.73. The molecule has 0 saturated heterocycles. The van der Waals surface area contributed by atoms with E-state index in [9.17, 15) is 19.2 Å². The number of methoxy groups -OCH3 is 1. The maximum absolute atomic E-state index is 12.8. The highest BCUT2D eigenvalue weighted by molar-refractivity contribution is 5.81. The van der Waals surface area contributed by atoms with E-state index in [1.807, 2.05) is 27.7 Å². The van der Waals surface area contributed by atoms with E-state index in [1.165, 1.54) is 25.3 Å². The highest BCUT2D eigenvalue weighted by Gasteiger charge is 2.38. The number of hydrogen-bond acceptors (Lipinski definition) is 12.